The second-order valence-electron chi connectivity index (χ2n) is 6.30. The number of rotatable bonds is 4. The van der Waals surface area contributed by atoms with Crippen molar-refractivity contribution in [3.8, 4) is 22.9 Å². The quantitative estimate of drug-likeness (QED) is 0.303. The molecule has 134 valence electrons. The minimum atomic E-state index is -0.184. The zero-order valence-electron chi connectivity index (χ0n) is 14.8. The second-order valence-corrected chi connectivity index (χ2v) is 6.30. The van der Waals surface area contributed by atoms with E-state index in [1.54, 1.807) is 18.2 Å². The monoisotopic (exact) mass is 366 g/mol. The second kappa shape index (κ2) is 6.32. The van der Waals surface area contributed by atoms with Crippen molar-refractivity contribution >= 4 is 28.0 Å². The predicted molar refractivity (Wildman–Crippen MR) is 107 cm³/mol. The summed E-state index contributed by atoms with van der Waals surface area (Å²) in [7, 11) is 0. The lowest BCUT2D eigenvalue weighted by atomic mass is 10.1. The Balaban J connectivity index is 1.53. The van der Waals surface area contributed by atoms with Gasteiger partial charge in [0, 0.05) is 11.1 Å². The highest BCUT2D eigenvalue weighted by Gasteiger charge is 2.15. The molecule has 0 radical (unpaired) electrons. The molecule has 0 fully saturated rings. The normalized spacial score (nSPS) is 11.1. The number of para-hydroxylation sites is 3. The molecule has 0 spiro atoms. The average Bonchev–Trinajstić information content (AvgIpc) is 3.37. The van der Waals surface area contributed by atoms with Gasteiger partial charge in [0.05, 0.1) is 5.56 Å². The summed E-state index contributed by atoms with van der Waals surface area (Å²) in [6, 6.07) is 20.5. The molecule has 5 aromatic rings. The van der Waals surface area contributed by atoms with Crippen LogP contribution < -0.4 is 0 Å². The van der Waals surface area contributed by atoms with Gasteiger partial charge in [0.15, 0.2) is 16.9 Å². The van der Waals surface area contributed by atoms with Crippen molar-refractivity contribution in [2.75, 3.05) is 0 Å². The largest absolute Gasteiger partial charge is 0.436 e. The number of benzene rings is 3. The van der Waals surface area contributed by atoms with Gasteiger partial charge in [-0.2, -0.15) is 0 Å². The molecule has 0 amide bonds. The summed E-state index contributed by atoms with van der Waals surface area (Å²) in [6.45, 7) is 3.54. The van der Waals surface area contributed by atoms with Gasteiger partial charge >= 0.3 is 0 Å². The predicted octanol–water partition coefficient (Wildman–Crippen LogP) is 5.67. The lowest BCUT2D eigenvalue weighted by molar-refractivity contribution is 0.104. The van der Waals surface area contributed by atoms with Crippen molar-refractivity contribution in [2.45, 2.75) is 0 Å². The first-order chi connectivity index (χ1) is 13.7. The summed E-state index contributed by atoms with van der Waals surface area (Å²) in [5, 5.41) is 0. The third-order valence-electron chi connectivity index (χ3n) is 4.54. The third-order valence-corrected chi connectivity index (χ3v) is 4.54. The highest BCUT2D eigenvalue weighted by atomic mass is 16.4. The number of hydrogen-bond donors (Lipinski definition) is 0. The van der Waals surface area contributed by atoms with Crippen molar-refractivity contribution in [2.24, 2.45) is 0 Å². The first-order valence-corrected chi connectivity index (χ1v) is 8.75. The molecule has 0 aliphatic carbocycles. The lowest BCUT2D eigenvalue weighted by Crippen LogP contribution is -1.94. The van der Waals surface area contributed by atoms with Gasteiger partial charge in [-0.25, -0.2) is 9.97 Å². The fraction of sp³-hybridized carbons (Fsp3) is 0. The zero-order chi connectivity index (χ0) is 19.1. The summed E-state index contributed by atoms with van der Waals surface area (Å²) < 4.78 is 11.7. The number of aromatic nitrogens is 2. The Morgan fingerprint density at radius 2 is 1.43 bits per heavy atom. The van der Waals surface area contributed by atoms with Crippen molar-refractivity contribution in [3.05, 3.63) is 84.9 Å². The van der Waals surface area contributed by atoms with E-state index in [1.807, 2.05) is 48.5 Å². The molecular weight excluding hydrogens is 352 g/mol. The molecular formula is C23H14N2O3. The van der Waals surface area contributed by atoms with Crippen LogP contribution in [0.15, 0.2) is 88.2 Å². The molecule has 5 nitrogen and oxygen atoms in total. The standard InChI is InChI=1S/C23H14N2O3/c1-2-18(26)16-6-5-9-20-21(16)25-23(28-20)15-12-10-14(11-13-15)22-24-17-7-3-4-8-19(17)27-22/h2-13H,1H2. The van der Waals surface area contributed by atoms with Crippen LogP contribution in [0, 0.1) is 0 Å². The van der Waals surface area contributed by atoms with E-state index in [9.17, 15) is 4.79 Å². The Hall–Kier alpha value is -3.99. The highest BCUT2D eigenvalue weighted by Crippen LogP contribution is 2.29. The molecule has 0 N–H and O–H groups in total. The van der Waals surface area contributed by atoms with Crippen LogP contribution in [0.5, 0.6) is 0 Å². The van der Waals surface area contributed by atoms with E-state index in [2.05, 4.69) is 16.5 Å². The Morgan fingerprint density at radius 1 is 0.786 bits per heavy atom. The van der Waals surface area contributed by atoms with Crippen LogP contribution in [0.2, 0.25) is 0 Å². The van der Waals surface area contributed by atoms with Gasteiger partial charge in [0.1, 0.15) is 11.0 Å². The van der Waals surface area contributed by atoms with Crippen LogP contribution in [0.25, 0.3) is 45.1 Å². The minimum absolute atomic E-state index is 0.184. The van der Waals surface area contributed by atoms with Gasteiger partial charge in [-0.15, -0.1) is 0 Å². The van der Waals surface area contributed by atoms with Crippen LogP contribution in [0.3, 0.4) is 0 Å². The van der Waals surface area contributed by atoms with Crippen LogP contribution in [0.1, 0.15) is 10.4 Å². The summed E-state index contributed by atoms with van der Waals surface area (Å²) in [5.41, 5.74) is 4.80. The highest BCUT2D eigenvalue weighted by molar-refractivity contribution is 6.11. The van der Waals surface area contributed by atoms with E-state index < -0.39 is 0 Å². The Labute approximate surface area is 160 Å². The zero-order valence-corrected chi connectivity index (χ0v) is 14.8. The molecule has 0 saturated heterocycles. The van der Waals surface area contributed by atoms with Gasteiger partial charge in [-0.05, 0) is 54.6 Å². The van der Waals surface area contributed by atoms with Gasteiger partial charge in [0.25, 0.3) is 0 Å². The van der Waals surface area contributed by atoms with Crippen LogP contribution in [-0.4, -0.2) is 15.8 Å². The number of fused-ring (bicyclic) bond motifs is 2. The Bertz CT molecular complexity index is 1310. The van der Waals surface area contributed by atoms with Gasteiger partial charge in [-0.3, -0.25) is 4.79 Å². The third kappa shape index (κ3) is 2.61. The van der Waals surface area contributed by atoms with E-state index in [4.69, 9.17) is 8.83 Å². The smallest absolute Gasteiger partial charge is 0.227 e. The maximum Gasteiger partial charge on any atom is 0.227 e. The van der Waals surface area contributed by atoms with E-state index in [0.717, 1.165) is 22.2 Å². The molecule has 5 heteroatoms. The van der Waals surface area contributed by atoms with Crippen molar-refractivity contribution in [1.29, 1.82) is 0 Å². The van der Waals surface area contributed by atoms with Crippen molar-refractivity contribution in [3.63, 3.8) is 0 Å². The van der Waals surface area contributed by atoms with E-state index >= 15 is 0 Å². The summed E-state index contributed by atoms with van der Waals surface area (Å²) >= 11 is 0. The van der Waals surface area contributed by atoms with Crippen LogP contribution in [-0.2, 0) is 0 Å². The fourth-order valence-electron chi connectivity index (χ4n) is 3.13. The molecule has 0 atom stereocenters. The van der Waals surface area contributed by atoms with Gasteiger partial charge in [-0.1, -0.05) is 24.8 Å². The molecule has 0 bridgehead atoms. The molecule has 0 aliphatic rings. The number of ketones is 1. The molecule has 28 heavy (non-hydrogen) atoms. The average molecular weight is 366 g/mol. The number of carbonyl (C=O) groups is 1. The van der Waals surface area contributed by atoms with Crippen LogP contribution in [0.4, 0.5) is 0 Å². The number of hydrogen-bond acceptors (Lipinski definition) is 5. The van der Waals surface area contributed by atoms with Crippen molar-refractivity contribution < 1.29 is 13.6 Å². The van der Waals surface area contributed by atoms with E-state index in [-0.39, 0.29) is 5.78 Å². The first-order valence-electron chi connectivity index (χ1n) is 8.75. The minimum Gasteiger partial charge on any atom is -0.436 e. The van der Waals surface area contributed by atoms with E-state index in [1.165, 1.54) is 6.08 Å². The molecule has 3 aromatic carbocycles. The maximum absolute atomic E-state index is 12.0. The molecule has 0 saturated carbocycles. The summed E-state index contributed by atoms with van der Waals surface area (Å²) in [6.07, 6.45) is 1.28. The molecule has 5 rings (SSSR count). The Kier molecular flexibility index (Phi) is 3.66. The Morgan fingerprint density at radius 3 is 2.14 bits per heavy atom. The molecule has 0 unspecified atom stereocenters. The molecule has 0 aliphatic heterocycles. The first kappa shape index (κ1) is 16.2. The fourth-order valence-corrected chi connectivity index (χ4v) is 3.13. The van der Waals surface area contributed by atoms with Crippen LogP contribution >= 0.6 is 0 Å². The SMILES string of the molecule is C=CC(=O)c1cccc2oc(-c3ccc(-c4nc5ccccc5o4)cc3)nc12. The van der Waals surface area contributed by atoms with E-state index in [0.29, 0.717) is 28.4 Å². The summed E-state index contributed by atoms with van der Waals surface area (Å²) in [5.74, 6) is 0.823. The summed E-state index contributed by atoms with van der Waals surface area (Å²) in [4.78, 5) is 21.1. The number of allylic oxidation sites excluding steroid dienone is 1. The number of nitrogens with zero attached hydrogens (tertiary/aromatic N) is 2. The molecule has 2 aromatic heterocycles. The maximum atomic E-state index is 12.0. The lowest BCUT2D eigenvalue weighted by Gasteiger charge is -1.97. The number of carbonyl (C=O) groups excluding carboxylic acids is 1. The molecule has 2 heterocycles. The van der Waals surface area contributed by atoms with Gasteiger partial charge in [0.2, 0.25) is 11.8 Å². The van der Waals surface area contributed by atoms with Crippen molar-refractivity contribution in [1.82, 2.24) is 9.97 Å². The topological polar surface area (TPSA) is 69.1 Å². The van der Waals surface area contributed by atoms with Gasteiger partial charge < -0.3 is 8.83 Å². The number of oxazole rings is 2.